The summed E-state index contributed by atoms with van der Waals surface area (Å²) in [6.45, 7) is 5.11. The van der Waals surface area contributed by atoms with Crippen molar-refractivity contribution in [2.75, 3.05) is 5.32 Å². The summed E-state index contributed by atoms with van der Waals surface area (Å²) in [4.78, 5) is 16.7. The van der Waals surface area contributed by atoms with Crippen LogP contribution in [0.25, 0.3) is 21.8 Å². The van der Waals surface area contributed by atoms with E-state index in [0.717, 1.165) is 30.5 Å². The summed E-state index contributed by atoms with van der Waals surface area (Å²) in [5.74, 6) is 1.16. The van der Waals surface area contributed by atoms with Crippen molar-refractivity contribution in [3.63, 3.8) is 0 Å². The fraction of sp³-hybridized carbons (Fsp3) is 0.318. The van der Waals surface area contributed by atoms with Gasteiger partial charge in [-0.05, 0) is 37.6 Å². The molecule has 0 aliphatic carbocycles. The van der Waals surface area contributed by atoms with Gasteiger partial charge in [-0.3, -0.25) is 4.79 Å². The van der Waals surface area contributed by atoms with Gasteiger partial charge in [-0.25, -0.2) is 0 Å². The van der Waals surface area contributed by atoms with Crippen molar-refractivity contribution in [3.05, 3.63) is 54.2 Å². The standard InChI is InChI=1S/C22H24N4O2/c1-3-7-20-24-22(28-25-20)13-12-21(27)23-15-10-11-19-17(14-15)16-8-5-6-9-18(16)26(19)4-2/h5-6,8-11,14H,3-4,7,12-13H2,1-2H3,(H,23,27). The Morgan fingerprint density at radius 2 is 1.89 bits per heavy atom. The molecule has 6 heteroatoms. The summed E-state index contributed by atoms with van der Waals surface area (Å²) < 4.78 is 7.49. The highest BCUT2D eigenvalue weighted by Gasteiger charge is 2.12. The van der Waals surface area contributed by atoms with Gasteiger partial charge in [-0.1, -0.05) is 30.3 Å². The fourth-order valence-corrected chi connectivity index (χ4v) is 3.63. The van der Waals surface area contributed by atoms with Crippen LogP contribution in [0, 0.1) is 0 Å². The Morgan fingerprint density at radius 1 is 1.07 bits per heavy atom. The van der Waals surface area contributed by atoms with E-state index < -0.39 is 0 Å². The lowest BCUT2D eigenvalue weighted by atomic mass is 10.1. The summed E-state index contributed by atoms with van der Waals surface area (Å²) in [7, 11) is 0. The van der Waals surface area contributed by atoms with Gasteiger partial charge in [0.25, 0.3) is 0 Å². The Balaban J connectivity index is 1.49. The number of nitrogens with one attached hydrogen (secondary N) is 1. The quantitative estimate of drug-likeness (QED) is 0.506. The molecule has 0 unspecified atom stereocenters. The van der Waals surface area contributed by atoms with Crippen LogP contribution in [0.4, 0.5) is 5.69 Å². The van der Waals surface area contributed by atoms with Crippen LogP contribution in [-0.2, 0) is 24.2 Å². The molecule has 0 fully saturated rings. The first-order valence-corrected chi connectivity index (χ1v) is 9.82. The predicted molar refractivity (Wildman–Crippen MR) is 110 cm³/mol. The summed E-state index contributed by atoms with van der Waals surface area (Å²) in [5, 5.41) is 9.26. The molecular weight excluding hydrogens is 352 g/mol. The molecule has 2 aromatic carbocycles. The van der Waals surface area contributed by atoms with Gasteiger partial charge >= 0.3 is 0 Å². The van der Waals surface area contributed by atoms with E-state index in [0.29, 0.717) is 24.6 Å². The van der Waals surface area contributed by atoms with E-state index in [9.17, 15) is 4.79 Å². The number of amides is 1. The average molecular weight is 376 g/mol. The number of hydrogen-bond donors (Lipinski definition) is 1. The van der Waals surface area contributed by atoms with Crippen molar-refractivity contribution in [3.8, 4) is 0 Å². The topological polar surface area (TPSA) is 73.0 Å². The number of aryl methyl sites for hydroxylation is 3. The Morgan fingerprint density at radius 3 is 2.71 bits per heavy atom. The molecule has 4 aromatic rings. The SMILES string of the molecule is CCCc1noc(CCC(=O)Nc2ccc3c(c2)c2ccccc2n3CC)n1. The average Bonchev–Trinajstić information content (AvgIpc) is 3.28. The minimum atomic E-state index is -0.0613. The molecule has 2 heterocycles. The van der Waals surface area contributed by atoms with Crippen LogP contribution in [0.3, 0.4) is 0 Å². The molecule has 4 rings (SSSR count). The Bertz CT molecular complexity index is 1130. The minimum absolute atomic E-state index is 0.0613. The number of nitrogens with zero attached hydrogens (tertiary/aromatic N) is 3. The monoisotopic (exact) mass is 376 g/mol. The smallest absolute Gasteiger partial charge is 0.227 e. The lowest BCUT2D eigenvalue weighted by Crippen LogP contribution is -2.12. The van der Waals surface area contributed by atoms with E-state index in [1.807, 2.05) is 18.2 Å². The number of carbonyl (C=O) groups is 1. The summed E-state index contributed by atoms with van der Waals surface area (Å²) in [5.41, 5.74) is 3.19. The molecule has 28 heavy (non-hydrogen) atoms. The maximum absolute atomic E-state index is 12.4. The second-order valence-electron chi connectivity index (χ2n) is 6.90. The Kier molecular flexibility index (Phi) is 5.10. The number of carbonyl (C=O) groups excluding carboxylic acids is 1. The van der Waals surface area contributed by atoms with Crippen molar-refractivity contribution in [1.29, 1.82) is 0 Å². The molecule has 0 aliphatic heterocycles. The second-order valence-corrected chi connectivity index (χ2v) is 6.90. The molecule has 0 bridgehead atoms. The van der Waals surface area contributed by atoms with Crippen molar-refractivity contribution in [1.82, 2.24) is 14.7 Å². The molecule has 1 amide bonds. The van der Waals surface area contributed by atoms with E-state index in [-0.39, 0.29) is 5.91 Å². The maximum Gasteiger partial charge on any atom is 0.227 e. The van der Waals surface area contributed by atoms with E-state index in [2.05, 4.69) is 58.1 Å². The summed E-state index contributed by atoms with van der Waals surface area (Å²) in [6.07, 6.45) is 2.51. The highest BCUT2D eigenvalue weighted by Crippen LogP contribution is 2.31. The third-order valence-corrected chi connectivity index (χ3v) is 4.92. The van der Waals surface area contributed by atoms with E-state index in [1.165, 1.54) is 16.4 Å². The normalized spacial score (nSPS) is 11.4. The lowest BCUT2D eigenvalue weighted by molar-refractivity contribution is -0.116. The number of benzene rings is 2. The molecule has 1 N–H and O–H groups in total. The molecule has 0 radical (unpaired) electrons. The second kappa shape index (κ2) is 7.84. The van der Waals surface area contributed by atoms with Gasteiger partial charge in [0.1, 0.15) is 0 Å². The molecule has 0 saturated carbocycles. The molecule has 0 atom stereocenters. The van der Waals surface area contributed by atoms with Gasteiger partial charge in [0.2, 0.25) is 11.8 Å². The lowest BCUT2D eigenvalue weighted by Gasteiger charge is -2.06. The van der Waals surface area contributed by atoms with E-state index in [4.69, 9.17) is 4.52 Å². The fourth-order valence-electron chi connectivity index (χ4n) is 3.63. The van der Waals surface area contributed by atoms with E-state index in [1.54, 1.807) is 0 Å². The first kappa shape index (κ1) is 18.2. The Labute approximate surface area is 163 Å². The van der Waals surface area contributed by atoms with Gasteiger partial charge in [-0.15, -0.1) is 0 Å². The zero-order valence-corrected chi connectivity index (χ0v) is 16.2. The molecule has 0 aliphatic rings. The zero-order valence-electron chi connectivity index (χ0n) is 16.2. The Hall–Kier alpha value is -3.15. The highest BCUT2D eigenvalue weighted by atomic mass is 16.5. The predicted octanol–water partition coefficient (Wildman–Crippen LogP) is 4.72. The number of fused-ring (bicyclic) bond motifs is 3. The summed E-state index contributed by atoms with van der Waals surface area (Å²) in [6, 6.07) is 14.4. The third-order valence-electron chi connectivity index (χ3n) is 4.92. The van der Waals surface area contributed by atoms with Crippen molar-refractivity contribution in [2.24, 2.45) is 0 Å². The van der Waals surface area contributed by atoms with Gasteiger partial charge in [0, 0.05) is 53.3 Å². The third kappa shape index (κ3) is 3.50. The first-order chi connectivity index (χ1) is 13.7. The van der Waals surface area contributed by atoms with Crippen LogP contribution in [-0.4, -0.2) is 20.6 Å². The van der Waals surface area contributed by atoms with Gasteiger partial charge in [0.05, 0.1) is 0 Å². The van der Waals surface area contributed by atoms with Crippen molar-refractivity contribution >= 4 is 33.4 Å². The van der Waals surface area contributed by atoms with Crippen LogP contribution < -0.4 is 5.32 Å². The maximum atomic E-state index is 12.4. The number of para-hydroxylation sites is 1. The molecular formula is C22H24N4O2. The van der Waals surface area contributed by atoms with Crippen LogP contribution in [0.1, 0.15) is 38.4 Å². The van der Waals surface area contributed by atoms with Crippen LogP contribution in [0.5, 0.6) is 0 Å². The zero-order chi connectivity index (χ0) is 19.5. The molecule has 0 saturated heterocycles. The van der Waals surface area contributed by atoms with Gasteiger partial charge in [0.15, 0.2) is 5.82 Å². The van der Waals surface area contributed by atoms with Crippen LogP contribution >= 0.6 is 0 Å². The van der Waals surface area contributed by atoms with Crippen LogP contribution in [0.15, 0.2) is 47.0 Å². The summed E-state index contributed by atoms with van der Waals surface area (Å²) >= 11 is 0. The van der Waals surface area contributed by atoms with Crippen molar-refractivity contribution < 1.29 is 9.32 Å². The molecule has 0 spiro atoms. The largest absolute Gasteiger partial charge is 0.341 e. The molecule has 144 valence electrons. The van der Waals surface area contributed by atoms with Gasteiger partial charge < -0.3 is 14.4 Å². The number of aromatic nitrogens is 3. The van der Waals surface area contributed by atoms with Gasteiger partial charge in [-0.2, -0.15) is 4.98 Å². The van der Waals surface area contributed by atoms with Crippen molar-refractivity contribution in [2.45, 2.75) is 46.1 Å². The number of anilines is 1. The minimum Gasteiger partial charge on any atom is -0.341 e. The van der Waals surface area contributed by atoms with Crippen LogP contribution in [0.2, 0.25) is 0 Å². The number of hydrogen-bond acceptors (Lipinski definition) is 4. The molecule has 6 nitrogen and oxygen atoms in total. The number of rotatable bonds is 7. The first-order valence-electron chi connectivity index (χ1n) is 9.82. The van der Waals surface area contributed by atoms with E-state index >= 15 is 0 Å². The highest BCUT2D eigenvalue weighted by molar-refractivity contribution is 6.09. The molecule has 2 aromatic heterocycles.